The van der Waals surface area contributed by atoms with E-state index in [9.17, 15) is 0 Å². The summed E-state index contributed by atoms with van der Waals surface area (Å²) < 4.78 is 1.82. The van der Waals surface area contributed by atoms with Crippen LogP contribution in [0.2, 0.25) is 0 Å². The summed E-state index contributed by atoms with van der Waals surface area (Å²) in [4.78, 5) is 5.84. The van der Waals surface area contributed by atoms with Crippen LogP contribution in [-0.4, -0.2) is 14.8 Å². The van der Waals surface area contributed by atoms with Crippen LogP contribution in [0.25, 0.3) is 11.4 Å². The number of nitrogens with zero attached hydrogens (tertiary/aromatic N) is 3. The summed E-state index contributed by atoms with van der Waals surface area (Å²) in [6, 6.07) is 0. The van der Waals surface area contributed by atoms with E-state index in [1.165, 1.54) is 10.4 Å². The topological polar surface area (TPSA) is 56.7 Å². The van der Waals surface area contributed by atoms with Gasteiger partial charge in [0.05, 0.1) is 10.6 Å². The molecule has 2 aromatic heterocycles. The summed E-state index contributed by atoms with van der Waals surface area (Å²) in [7, 11) is 1.92. The van der Waals surface area contributed by atoms with Crippen molar-refractivity contribution in [1.29, 1.82) is 0 Å². The normalized spacial score (nSPS) is 11.4. The number of nitrogen functional groups attached to an aromatic ring is 1. The van der Waals surface area contributed by atoms with Gasteiger partial charge in [0, 0.05) is 17.8 Å². The van der Waals surface area contributed by atoms with E-state index >= 15 is 0 Å². The van der Waals surface area contributed by atoms with Crippen molar-refractivity contribution >= 4 is 16.3 Å². The van der Waals surface area contributed by atoms with E-state index in [1.54, 1.807) is 11.3 Å². The Balaban J connectivity index is 2.60. The number of aromatic nitrogens is 3. The number of nitrogens with two attached hydrogens (primary N) is 1. The molecule has 0 saturated carbocycles. The molecule has 0 bridgehead atoms. The van der Waals surface area contributed by atoms with Gasteiger partial charge in [-0.25, -0.2) is 9.67 Å². The first-order valence-electron chi connectivity index (χ1n) is 5.68. The Morgan fingerprint density at radius 3 is 2.35 bits per heavy atom. The van der Waals surface area contributed by atoms with Gasteiger partial charge >= 0.3 is 0 Å². The fourth-order valence-corrected chi connectivity index (χ4v) is 2.73. The van der Waals surface area contributed by atoms with Gasteiger partial charge in [0.15, 0.2) is 11.6 Å². The summed E-state index contributed by atoms with van der Waals surface area (Å²) in [5.74, 6) is 2.06. The first-order chi connectivity index (χ1) is 7.91. The Bertz CT molecular complexity index is 551. The molecule has 0 atom stereocenters. The van der Waals surface area contributed by atoms with Crippen molar-refractivity contribution in [3.05, 3.63) is 16.3 Å². The fourth-order valence-electron chi connectivity index (χ4n) is 1.80. The molecule has 0 saturated heterocycles. The lowest BCUT2D eigenvalue weighted by atomic mass is 10.1. The smallest absolute Gasteiger partial charge is 0.161 e. The fraction of sp³-hybridized carbons (Fsp3) is 0.500. The summed E-state index contributed by atoms with van der Waals surface area (Å²) in [6.07, 6.45) is 0. The highest BCUT2D eigenvalue weighted by Crippen LogP contribution is 2.37. The van der Waals surface area contributed by atoms with E-state index in [2.05, 4.69) is 37.8 Å². The number of rotatable bonds is 2. The molecular weight excluding hydrogens is 232 g/mol. The van der Waals surface area contributed by atoms with Gasteiger partial charge in [0.2, 0.25) is 0 Å². The maximum absolute atomic E-state index is 6.07. The molecule has 2 N–H and O–H groups in total. The van der Waals surface area contributed by atoms with E-state index in [-0.39, 0.29) is 0 Å². The second-order valence-corrected chi connectivity index (χ2v) is 5.85. The van der Waals surface area contributed by atoms with Crippen molar-refractivity contribution in [2.45, 2.75) is 33.6 Å². The van der Waals surface area contributed by atoms with E-state index in [4.69, 9.17) is 5.73 Å². The molecule has 0 aliphatic heterocycles. The second-order valence-electron chi connectivity index (χ2n) is 4.59. The lowest BCUT2D eigenvalue weighted by molar-refractivity contribution is 0.712. The number of hydrogen-bond donors (Lipinski definition) is 1. The molecule has 2 aromatic rings. The highest BCUT2D eigenvalue weighted by Gasteiger charge is 2.19. The van der Waals surface area contributed by atoms with Crippen molar-refractivity contribution in [2.24, 2.45) is 7.05 Å². The SMILES string of the molecule is Cc1sc(N)c(-c2nc(C(C)C)nn2C)c1C. The van der Waals surface area contributed by atoms with Crippen LogP contribution in [0, 0.1) is 13.8 Å². The maximum Gasteiger partial charge on any atom is 0.161 e. The number of thiophene rings is 1. The first-order valence-corrected chi connectivity index (χ1v) is 6.50. The van der Waals surface area contributed by atoms with Crippen molar-refractivity contribution in [2.75, 3.05) is 5.73 Å². The van der Waals surface area contributed by atoms with E-state index in [0.717, 1.165) is 22.2 Å². The molecule has 0 amide bonds. The van der Waals surface area contributed by atoms with Gasteiger partial charge in [-0.2, -0.15) is 5.10 Å². The predicted molar refractivity (Wildman–Crippen MR) is 72.3 cm³/mol. The lowest BCUT2D eigenvalue weighted by Gasteiger charge is -2.00. The summed E-state index contributed by atoms with van der Waals surface area (Å²) in [5.41, 5.74) is 8.31. The molecule has 0 radical (unpaired) electrons. The van der Waals surface area contributed by atoms with Crippen molar-refractivity contribution < 1.29 is 0 Å². The molecule has 92 valence electrons. The predicted octanol–water partition coefficient (Wildman–Crippen LogP) is 2.87. The van der Waals surface area contributed by atoms with Gasteiger partial charge in [-0.15, -0.1) is 11.3 Å². The average Bonchev–Trinajstić information content (AvgIpc) is 2.70. The van der Waals surface area contributed by atoms with Crippen molar-refractivity contribution in [3.63, 3.8) is 0 Å². The third kappa shape index (κ3) is 1.95. The largest absolute Gasteiger partial charge is 0.390 e. The lowest BCUT2D eigenvalue weighted by Crippen LogP contribution is -1.97. The molecule has 5 heteroatoms. The van der Waals surface area contributed by atoms with E-state index < -0.39 is 0 Å². The van der Waals surface area contributed by atoms with E-state index in [0.29, 0.717) is 5.92 Å². The highest BCUT2D eigenvalue weighted by atomic mass is 32.1. The summed E-state index contributed by atoms with van der Waals surface area (Å²) in [5, 5.41) is 5.26. The summed E-state index contributed by atoms with van der Waals surface area (Å²) in [6.45, 7) is 8.35. The monoisotopic (exact) mass is 250 g/mol. The minimum atomic E-state index is 0.330. The zero-order valence-electron chi connectivity index (χ0n) is 10.9. The third-order valence-electron chi connectivity index (χ3n) is 2.93. The molecule has 0 aliphatic rings. The van der Waals surface area contributed by atoms with Crippen LogP contribution in [0.5, 0.6) is 0 Å². The number of anilines is 1. The van der Waals surface area contributed by atoms with Crippen LogP contribution in [0.4, 0.5) is 5.00 Å². The average molecular weight is 250 g/mol. The van der Waals surface area contributed by atoms with Gasteiger partial charge in [-0.3, -0.25) is 0 Å². The van der Waals surface area contributed by atoms with Gasteiger partial charge in [0.25, 0.3) is 0 Å². The zero-order chi connectivity index (χ0) is 12.7. The first kappa shape index (κ1) is 12.1. The Hall–Kier alpha value is -1.36. The molecule has 0 fully saturated rings. The molecule has 0 unspecified atom stereocenters. The minimum Gasteiger partial charge on any atom is -0.390 e. The van der Waals surface area contributed by atoms with Crippen LogP contribution >= 0.6 is 11.3 Å². The highest BCUT2D eigenvalue weighted by molar-refractivity contribution is 7.16. The van der Waals surface area contributed by atoms with Crippen LogP contribution in [0.3, 0.4) is 0 Å². The molecule has 0 aliphatic carbocycles. The van der Waals surface area contributed by atoms with Crippen LogP contribution in [0.15, 0.2) is 0 Å². The van der Waals surface area contributed by atoms with Gasteiger partial charge in [-0.1, -0.05) is 13.8 Å². The Labute approximate surface area is 105 Å². The van der Waals surface area contributed by atoms with Crippen LogP contribution in [-0.2, 0) is 7.05 Å². The number of aryl methyl sites for hydroxylation is 2. The van der Waals surface area contributed by atoms with Gasteiger partial charge in [0.1, 0.15) is 0 Å². The quantitative estimate of drug-likeness (QED) is 0.891. The molecule has 17 heavy (non-hydrogen) atoms. The van der Waals surface area contributed by atoms with Gasteiger partial charge in [-0.05, 0) is 19.4 Å². The molecule has 2 rings (SSSR count). The second kappa shape index (κ2) is 4.14. The minimum absolute atomic E-state index is 0.330. The molecular formula is C12H18N4S. The Kier molecular flexibility index (Phi) is 2.95. The van der Waals surface area contributed by atoms with Crippen LogP contribution in [0.1, 0.15) is 36.0 Å². The number of hydrogen-bond acceptors (Lipinski definition) is 4. The third-order valence-corrected chi connectivity index (χ3v) is 3.97. The standard InChI is InChI=1S/C12H18N4S/c1-6(2)11-14-12(16(5)15-11)9-7(3)8(4)17-10(9)13/h6H,13H2,1-5H3. The Morgan fingerprint density at radius 1 is 1.29 bits per heavy atom. The molecule has 2 heterocycles. The van der Waals surface area contributed by atoms with Gasteiger partial charge < -0.3 is 5.73 Å². The van der Waals surface area contributed by atoms with Crippen LogP contribution < -0.4 is 5.73 Å². The Morgan fingerprint density at radius 2 is 1.94 bits per heavy atom. The molecule has 0 aromatic carbocycles. The van der Waals surface area contributed by atoms with E-state index in [1.807, 2.05) is 11.7 Å². The molecule has 4 nitrogen and oxygen atoms in total. The maximum atomic E-state index is 6.07. The van der Waals surface area contributed by atoms with Crippen molar-refractivity contribution in [1.82, 2.24) is 14.8 Å². The molecule has 0 spiro atoms. The van der Waals surface area contributed by atoms with Crippen molar-refractivity contribution in [3.8, 4) is 11.4 Å². The summed E-state index contributed by atoms with van der Waals surface area (Å²) >= 11 is 1.61. The zero-order valence-corrected chi connectivity index (χ0v) is 11.7.